The molecule has 1 N–H and O–H groups in total. The minimum Gasteiger partial charge on any atom is -0.337 e. The lowest BCUT2D eigenvalue weighted by Crippen LogP contribution is -2.34. The third-order valence-corrected chi connectivity index (χ3v) is 3.08. The van der Waals surface area contributed by atoms with Crippen molar-refractivity contribution < 1.29 is 9.18 Å². The Morgan fingerprint density at radius 3 is 2.94 bits per heavy atom. The Morgan fingerprint density at radius 2 is 2.18 bits per heavy atom. The van der Waals surface area contributed by atoms with Gasteiger partial charge in [-0.05, 0) is 31.2 Å². The van der Waals surface area contributed by atoms with Crippen molar-refractivity contribution in [3.8, 4) is 0 Å². The van der Waals surface area contributed by atoms with Crippen molar-refractivity contribution in [3.05, 3.63) is 34.6 Å². The second-order valence-electron chi connectivity index (χ2n) is 4.02. The molecule has 1 fully saturated rings. The summed E-state index contributed by atoms with van der Waals surface area (Å²) in [5.41, 5.74) is 0.443. The van der Waals surface area contributed by atoms with Crippen molar-refractivity contribution in [2.75, 3.05) is 26.2 Å². The number of carbonyl (C=O) groups is 1. The lowest BCUT2D eigenvalue weighted by Gasteiger charge is -2.20. The van der Waals surface area contributed by atoms with Crippen molar-refractivity contribution >= 4 is 17.5 Å². The van der Waals surface area contributed by atoms with Gasteiger partial charge in [-0.1, -0.05) is 11.6 Å². The topological polar surface area (TPSA) is 32.3 Å². The monoisotopic (exact) mass is 256 g/mol. The predicted molar refractivity (Wildman–Crippen MR) is 64.8 cm³/mol. The summed E-state index contributed by atoms with van der Waals surface area (Å²) < 4.78 is 13.0. The van der Waals surface area contributed by atoms with Gasteiger partial charge in [0.25, 0.3) is 5.91 Å². The van der Waals surface area contributed by atoms with Gasteiger partial charge in [0, 0.05) is 25.2 Å². The third kappa shape index (κ3) is 2.96. The molecule has 1 aromatic rings. The van der Waals surface area contributed by atoms with Crippen molar-refractivity contribution in [2.45, 2.75) is 6.42 Å². The molecule has 1 aliphatic rings. The Morgan fingerprint density at radius 1 is 1.35 bits per heavy atom. The lowest BCUT2D eigenvalue weighted by molar-refractivity contribution is 0.0766. The van der Waals surface area contributed by atoms with Gasteiger partial charge in [-0.3, -0.25) is 4.79 Å². The zero-order valence-corrected chi connectivity index (χ0v) is 10.1. The second-order valence-corrected chi connectivity index (χ2v) is 4.43. The molecule has 92 valence electrons. The quantitative estimate of drug-likeness (QED) is 0.833. The van der Waals surface area contributed by atoms with E-state index in [9.17, 15) is 9.18 Å². The van der Waals surface area contributed by atoms with Crippen LogP contribution in [-0.2, 0) is 0 Å². The molecule has 0 bridgehead atoms. The maximum atomic E-state index is 13.0. The number of hydrogen-bond acceptors (Lipinski definition) is 2. The van der Waals surface area contributed by atoms with Crippen LogP contribution < -0.4 is 5.32 Å². The van der Waals surface area contributed by atoms with Gasteiger partial charge in [-0.25, -0.2) is 4.39 Å². The Bertz CT molecular complexity index is 417. The molecule has 1 saturated heterocycles. The molecule has 0 aliphatic carbocycles. The highest BCUT2D eigenvalue weighted by Gasteiger charge is 2.17. The Kier molecular flexibility index (Phi) is 3.97. The summed E-state index contributed by atoms with van der Waals surface area (Å²) in [6, 6.07) is 4.09. The Hall–Kier alpha value is -1.13. The first kappa shape index (κ1) is 12.3. The fourth-order valence-electron chi connectivity index (χ4n) is 1.86. The number of amides is 1. The van der Waals surface area contributed by atoms with Gasteiger partial charge in [0.05, 0.1) is 5.02 Å². The molecule has 0 spiro atoms. The summed E-state index contributed by atoms with van der Waals surface area (Å²) in [5, 5.41) is 3.21. The third-order valence-electron chi connectivity index (χ3n) is 2.79. The van der Waals surface area contributed by atoms with E-state index in [0.29, 0.717) is 12.1 Å². The number of nitrogens with one attached hydrogen (secondary N) is 1. The van der Waals surface area contributed by atoms with Crippen LogP contribution in [0, 0.1) is 5.82 Å². The fraction of sp³-hybridized carbons (Fsp3) is 0.417. The summed E-state index contributed by atoms with van der Waals surface area (Å²) >= 11 is 5.67. The molecule has 1 aliphatic heterocycles. The minimum absolute atomic E-state index is 0.0104. The van der Waals surface area contributed by atoms with Crippen LogP contribution in [0.1, 0.15) is 16.8 Å². The lowest BCUT2D eigenvalue weighted by atomic mass is 10.2. The van der Waals surface area contributed by atoms with Crippen LogP contribution in [0.25, 0.3) is 0 Å². The minimum atomic E-state index is -0.499. The molecule has 1 heterocycles. The van der Waals surface area contributed by atoms with E-state index < -0.39 is 5.82 Å². The van der Waals surface area contributed by atoms with E-state index in [4.69, 9.17) is 11.6 Å². The van der Waals surface area contributed by atoms with Crippen molar-refractivity contribution in [2.24, 2.45) is 0 Å². The summed E-state index contributed by atoms with van der Waals surface area (Å²) in [4.78, 5) is 13.9. The van der Waals surface area contributed by atoms with Crippen LogP contribution in [0.2, 0.25) is 5.02 Å². The molecule has 0 atom stereocenters. The number of halogens is 2. The van der Waals surface area contributed by atoms with Crippen molar-refractivity contribution in [3.63, 3.8) is 0 Å². The van der Waals surface area contributed by atoms with E-state index in [1.807, 2.05) is 0 Å². The van der Waals surface area contributed by atoms with Gasteiger partial charge in [0.15, 0.2) is 0 Å². The van der Waals surface area contributed by atoms with Crippen LogP contribution in [0.15, 0.2) is 18.2 Å². The van der Waals surface area contributed by atoms with Gasteiger partial charge in [-0.15, -0.1) is 0 Å². The fourth-order valence-corrected chi connectivity index (χ4v) is 2.04. The van der Waals surface area contributed by atoms with Crippen LogP contribution in [0.5, 0.6) is 0 Å². The number of rotatable bonds is 1. The molecule has 0 saturated carbocycles. The van der Waals surface area contributed by atoms with E-state index in [1.165, 1.54) is 18.2 Å². The summed E-state index contributed by atoms with van der Waals surface area (Å²) in [6.45, 7) is 3.11. The smallest absolute Gasteiger partial charge is 0.253 e. The summed E-state index contributed by atoms with van der Waals surface area (Å²) in [5.74, 6) is -0.587. The van der Waals surface area contributed by atoms with Crippen LogP contribution in [0.4, 0.5) is 4.39 Å². The van der Waals surface area contributed by atoms with Crippen molar-refractivity contribution in [1.82, 2.24) is 10.2 Å². The van der Waals surface area contributed by atoms with Gasteiger partial charge in [0.1, 0.15) is 5.82 Å². The van der Waals surface area contributed by atoms with Gasteiger partial charge in [-0.2, -0.15) is 0 Å². The standard InChI is InChI=1S/C12H14ClFN2O/c13-10-8-9(2-3-11(10)14)12(17)16-6-1-4-15-5-7-16/h2-3,8,15H,1,4-7H2. The molecule has 1 aromatic carbocycles. The average molecular weight is 257 g/mol. The zero-order chi connectivity index (χ0) is 12.3. The van der Waals surface area contributed by atoms with Crippen molar-refractivity contribution in [1.29, 1.82) is 0 Å². The number of nitrogens with zero attached hydrogens (tertiary/aromatic N) is 1. The van der Waals surface area contributed by atoms with Gasteiger partial charge in [0.2, 0.25) is 0 Å². The maximum Gasteiger partial charge on any atom is 0.253 e. The first-order valence-electron chi connectivity index (χ1n) is 5.63. The van der Waals surface area contributed by atoms with E-state index in [0.717, 1.165) is 26.1 Å². The predicted octanol–water partition coefficient (Wildman–Crippen LogP) is 1.91. The molecule has 2 rings (SSSR count). The molecule has 5 heteroatoms. The molecular weight excluding hydrogens is 243 g/mol. The van der Waals surface area contributed by atoms with E-state index in [2.05, 4.69) is 5.32 Å². The van der Waals surface area contributed by atoms with E-state index in [1.54, 1.807) is 4.90 Å². The van der Waals surface area contributed by atoms with E-state index in [-0.39, 0.29) is 10.9 Å². The molecule has 1 amide bonds. The highest BCUT2D eigenvalue weighted by Crippen LogP contribution is 2.17. The Balaban J connectivity index is 2.14. The number of hydrogen-bond donors (Lipinski definition) is 1. The zero-order valence-electron chi connectivity index (χ0n) is 9.38. The molecule has 17 heavy (non-hydrogen) atoms. The average Bonchev–Trinajstić information content (AvgIpc) is 2.60. The number of benzene rings is 1. The number of carbonyl (C=O) groups excluding carboxylic acids is 1. The highest BCUT2D eigenvalue weighted by atomic mass is 35.5. The first-order valence-corrected chi connectivity index (χ1v) is 6.01. The maximum absolute atomic E-state index is 13.0. The van der Waals surface area contributed by atoms with Gasteiger partial charge < -0.3 is 10.2 Å². The normalized spacial score (nSPS) is 16.7. The largest absolute Gasteiger partial charge is 0.337 e. The van der Waals surface area contributed by atoms with E-state index >= 15 is 0 Å². The molecule has 0 radical (unpaired) electrons. The molecule has 0 unspecified atom stereocenters. The van der Waals surface area contributed by atoms with Crippen LogP contribution in [0.3, 0.4) is 0 Å². The highest BCUT2D eigenvalue weighted by molar-refractivity contribution is 6.31. The molecular formula is C12H14ClFN2O. The second kappa shape index (κ2) is 5.47. The summed E-state index contributed by atoms with van der Waals surface area (Å²) in [7, 11) is 0. The Labute approximate surface area is 105 Å². The van der Waals surface area contributed by atoms with Crippen LogP contribution in [-0.4, -0.2) is 37.0 Å². The molecule has 0 aromatic heterocycles. The van der Waals surface area contributed by atoms with Gasteiger partial charge >= 0.3 is 0 Å². The molecule has 3 nitrogen and oxygen atoms in total. The first-order chi connectivity index (χ1) is 8.18. The summed E-state index contributed by atoms with van der Waals surface area (Å²) in [6.07, 6.45) is 0.931. The van der Waals surface area contributed by atoms with Crippen LogP contribution >= 0.6 is 11.6 Å². The SMILES string of the molecule is O=C(c1ccc(F)c(Cl)c1)N1CCCNCC1.